The smallest absolute Gasteiger partial charge is 0.436 e. The fourth-order valence-electron chi connectivity index (χ4n) is 3.82. The van der Waals surface area contributed by atoms with Crippen molar-refractivity contribution < 1.29 is 32.2 Å². The molecule has 1 heterocycles. The van der Waals surface area contributed by atoms with Crippen LogP contribution < -0.4 is 0 Å². The van der Waals surface area contributed by atoms with Gasteiger partial charge in [-0.05, 0) is 42.5 Å². The molecule has 0 aliphatic heterocycles. The van der Waals surface area contributed by atoms with Gasteiger partial charge in [0.05, 0.1) is 12.2 Å². The van der Waals surface area contributed by atoms with Gasteiger partial charge in [0.1, 0.15) is 0 Å². The minimum absolute atomic E-state index is 0.137. The van der Waals surface area contributed by atoms with Crippen molar-refractivity contribution in [3.8, 4) is 22.5 Å². The van der Waals surface area contributed by atoms with E-state index >= 15 is 0 Å². The molecule has 0 amide bonds. The maximum absolute atomic E-state index is 13.3. The second kappa shape index (κ2) is 14.4. The first-order chi connectivity index (χ1) is 18.7. The maximum Gasteiger partial charge on any atom is 0.436 e. The Morgan fingerprint density at radius 1 is 0.795 bits per heavy atom. The summed E-state index contributed by atoms with van der Waals surface area (Å²) in [4.78, 5) is 33.1. The van der Waals surface area contributed by atoms with Crippen molar-refractivity contribution in [3.05, 3.63) is 72.1 Å². The lowest BCUT2D eigenvalue weighted by Crippen LogP contribution is -2.42. The van der Waals surface area contributed by atoms with Crippen LogP contribution in [0.25, 0.3) is 22.5 Å². The van der Waals surface area contributed by atoms with Crippen LogP contribution in [0, 0.1) is 0 Å². The molecular formula is C30H33F3N2O4. The highest BCUT2D eigenvalue weighted by Crippen LogP contribution is 2.26. The van der Waals surface area contributed by atoms with Crippen LogP contribution in [0.5, 0.6) is 0 Å². The molecule has 0 N–H and O–H groups in total. The van der Waals surface area contributed by atoms with Gasteiger partial charge in [0.2, 0.25) is 0 Å². The number of rotatable bonds is 13. The van der Waals surface area contributed by atoms with Crippen molar-refractivity contribution in [1.29, 1.82) is 0 Å². The summed E-state index contributed by atoms with van der Waals surface area (Å²) in [6.07, 6.45) is 2.14. The summed E-state index contributed by atoms with van der Waals surface area (Å²) in [5.41, 5.74) is 3.36. The van der Waals surface area contributed by atoms with Crippen molar-refractivity contribution in [2.75, 3.05) is 6.61 Å². The molecule has 1 aromatic heterocycles. The van der Waals surface area contributed by atoms with Crippen LogP contribution >= 0.6 is 0 Å². The molecule has 208 valence electrons. The highest BCUT2D eigenvalue weighted by Gasteiger charge is 2.49. The van der Waals surface area contributed by atoms with Gasteiger partial charge >= 0.3 is 18.1 Å². The van der Waals surface area contributed by atoms with Crippen molar-refractivity contribution in [2.24, 2.45) is 0 Å². The fraction of sp³-hybridized carbons (Fsp3) is 0.400. The summed E-state index contributed by atoms with van der Waals surface area (Å²) < 4.78 is 49.0. The molecule has 9 heteroatoms. The Kier molecular flexibility index (Phi) is 11.0. The van der Waals surface area contributed by atoms with E-state index in [0.717, 1.165) is 12.0 Å². The van der Waals surface area contributed by atoms with Crippen LogP contribution in [0.2, 0.25) is 0 Å². The molecule has 2 aromatic carbocycles. The van der Waals surface area contributed by atoms with Crippen molar-refractivity contribution in [2.45, 2.75) is 71.1 Å². The third kappa shape index (κ3) is 8.90. The topological polar surface area (TPSA) is 78.4 Å². The molecular weight excluding hydrogens is 509 g/mol. The number of aryl methyl sites for hydroxylation is 1. The molecule has 3 aromatic rings. The molecule has 6 nitrogen and oxygen atoms in total. The zero-order valence-corrected chi connectivity index (χ0v) is 22.2. The third-order valence-electron chi connectivity index (χ3n) is 6.12. The number of benzene rings is 2. The zero-order chi connectivity index (χ0) is 28.3. The van der Waals surface area contributed by atoms with E-state index < -0.39 is 24.2 Å². The average Bonchev–Trinajstić information content (AvgIpc) is 2.94. The minimum atomic E-state index is -5.09. The van der Waals surface area contributed by atoms with Crippen molar-refractivity contribution >= 4 is 11.9 Å². The lowest BCUT2D eigenvalue weighted by atomic mass is 10.0. The molecule has 1 unspecified atom stereocenters. The van der Waals surface area contributed by atoms with Gasteiger partial charge in [0.25, 0.3) is 6.10 Å². The standard InChI is InChI=1S/C30H33F3N2O4/c1-3-5-7-8-9-21-10-12-23(13-11-21)27-34-19-25(20-35-27)22-14-16-24(17-15-22)28(36)39-26(30(31,32)33)29(37)38-18-6-4-2/h10-17,19-20,26H,3-9,18H2,1-2H3. The highest BCUT2D eigenvalue weighted by atomic mass is 19.4. The van der Waals surface area contributed by atoms with Crippen molar-refractivity contribution in [3.63, 3.8) is 0 Å². The molecule has 39 heavy (non-hydrogen) atoms. The molecule has 0 fully saturated rings. The minimum Gasteiger partial charge on any atom is -0.463 e. The van der Waals surface area contributed by atoms with Crippen LogP contribution in [-0.2, 0) is 20.7 Å². The van der Waals surface area contributed by atoms with E-state index in [1.807, 2.05) is 12.1 Å². The van der Waals surface area contributed by atoms with Crippen LogP contribution in [0.1, 0.15) is 68.3 Å². The predicted octanol–water partition coefficient (Wildman–Crippen LogP) is 7.36. The first-order valence-corrected chi connectivity index (χ1v) is 13.2. The van der Waals surface area contributed by atoms with E-state index in [-0.39, 0.29) is 12.2 Å². The third-order valence-corrected chi connectivity index (χ3v) is 6.12. The van der Waals surface area contributed by atoms with Crippen LogP contribution in [0.3, 0.4) is 0 Å². The lowest BCUT2D eigenvalue weighted by molar-refractivity contribution is -0.218. The molecule has 0 bridgehead atoms. The molecule has 1 atom stereocenters. The van der Waals surface area contributed by atoms with E-state index in [1.54, 1.807) is 31.5 Å². The highest BCUT2D eigenvalue weighted by molar-refractivity contribution is 5.92. The maximum atomic E-state index is 13.3. The first kappa shape index (κ1) is 29.8. The SMILES string of the molecule is CCCCCCc1ccc(-c2ncc(-c3ccc(C(=O)OC(C(=O)OCCCC)C(F)(F)F)cc3)cn2)cc1. The van der Waals surface area contributed by atoms with Gasteiger partial charge in [0, 0.05) is 23.5 Å². The number of carbonyl (C=O) groups excluding carboxylic acids is 2. The van der Waals surface area contributed by atoms with E-state index in [0.29, 0.717) is 29.8 Å². The molecule has 0 aliphatic rings. The van der Waals surface area contributed by atoms with Gasteiger partial charge in [-0.15, -0.1) is 0 Å². The summed E-state index contributed by atoms with van der Waals surface area (Å²) in [5.74, 6) is -2.35. The van der Waals surface area contributed by atoms with E-state index in [4.69, 9.17) is 0 Å². The van der Waals surface area contributed by atoms with E-state index in [9.17, 15) is 22.8 Å². The fourth-order valence-corrected chi connectivity index (χ4v) is 3.82. The molecule has 0 spiro atoms. The largest absolute Gasteiger partial charge is 0.463 e. The number of hydrogen-bond acceptors (Lipinski definition) is 6. The monoisotopic (exact) mass is 542 g/mol. The van der Waals surface area contributed by atoms with Gasteiger partial charge in [-0.2, -0.15) is 13.2 Å². The Labute approximate surface area is 226 Å². The first-order valence-electron chi connectivity index (χ1n) is 13.2. The van der Waals surface area contributed by atoms with E-state index in [2.05, 4.69) is 38.5 Å². The van der Waals surface area contributed by atoms with Crippen molar-refractivity contribution in [1.82, 2.24) is 9.97 Å². The number of halogens is 3. The summed E-state index contributed by atoms with van der Waals surface area (Å²) in [6, 6.07) is 13.9. The summed E-state index contributed by atoms with van der Waals surface area (Å²) in [5, 5.41) is 0. The Bertz CT molecular complexity index is 1190. The summed E-state index contributed by atoms with van der Waals surface area (Å²) in [6.45, 7) is 3.81. The number of hydrogen-bond donors (Lipinski definition) is 0. The molecule has 0 radical (unpaired) electrons. The van der Waals surface area contributed by atoms with Crippen LogP contribution in [0.4, 0.5) is 13.2 Å². The quantitative estimate of drug-likeness (QED) is 0.166. The lowest BCUT2D eigenvalue weighted by Gasteiger charge is -2.19. The van der Waals surface area contributed by atoms with Gasteiger partial charge in [-0.3, -0.25) is 0 Å². The second-order valence-corrected chi connectivity index (χ2v) is 9.23. The molecule has 3 rings (SSSR count). The number of alkyl halides is 3. The van der Waals surface area contributed by atoms with Gasteiger partial charge in [-0.25, -0.2) is 19.6 Å². The van der Waals surface area contributed by atoms with Gasteiger partial charge in [0.15, 0.2) is 5.82 Å². The van der Waals surface area contributed by atoms with Crippen LogP contribution in [0.15, 0.2) is 60.9 Å². The Morgan fingerprint density at radius 3 is 2.00 bits per heavy atom. The Balaban J connectivity index is 1.62. The normalized spacial score (nSPS) is 12.1. The predicted molar refractivity (Wildman–Crippen MR) is 142 cm³/mol. The Hall–Kier alpha value is -3.75. The van der Waals surface area contributed by atoms with E-state index in [1.165, 1.54) is 43.4 Å². The number of aromatic nitrogens is 2. The van der Waals surface area contributed by atoms with Gasteiger partial charge in [-0.1, -0.05) is 75.9 Å². The number of unbranched alkanes of at least 4 members (excludes halogenated alkanes) is 4. The number of nitrogens with zero attached hydrogens (tertiary/aromatic N) is 2. The van der Waals surface area contributed by atoms with Gasteiger partial charge < -0.3 is 9.47 Å². The second-order valence-electron chi connectivity index (χ2n) is 9.23. The number of ether oxygens (including phenoxy) is 2. The number of esters is 2. The summed E-state index contributed by atoms with van der Waals surface area (Å²) >= 11 is 0. The zero-order valence-electron chi connectivity index (χ0n) is 22.2. The van der Waals surface area contributed by atoms with Crippen LogP contribution in [-0.4, -0.2) is 40.8 Å². The Morgan fingerprint density at radius 2 is 1.41 bits per heavy atom. The summed E-state index contributed by atoms with van der Waals surface area (Å²) in [7, 11) is 0. The molecule has 0 saturated carbocycles. The number of carbonyl (C=O) groups is 2. The molecule has 0 aliphatic carbocycles. The average molecular weight is 543 g/mol. The molecule has 0 saturated heterocycles.